The number of aliphatic carboxylic acids is 1. The van der Waals surface area contributed by atoms with E-state index in [9.17, 15) is 4.79 Å². The van der Waals surface area contributed by atoms with Crippen LogP contribution in [0.1, 0.15) is 71.1 Å². The van der Waals surface area contributed by atoms with Crippen LogP contribution in [-0.2, 0) is 4.79 Å². The average molecular weight is 278 g/mol. The van der Waals surface area contributed by atoms with Gasteiger partial charge in [0.25, 0.3) is 0 Å². The largest absolute Gasteiger partial charge is 0.481 e. The first-order valence-corrected chi connectivity index (χ1v) is 8.27. The number of allylic oxidation sites excluding steroid dienone is 4. The molecule has 114 valence electrons. The molecule has 1 N–H and O–H groups in total. The molecule has 0 saturated heterocycles. The summed E-state index contributed by atoms with van der Waals surface area (Å²) in [6.07, 6.45) is 20.4. The molecule has 0 radical (unpaired) electrons. The van der Waals surface area contributed by atoms with Crippen LogP contribution in [0.2, 0.25) is 0 Å². The molecule has 1 rings (SSSR count). The number of hydrogen-bond donors (Lipinski definition) is 1. The second-order valence-electron chi connectivity index (χ2n) is 6.05. The maximum absolute atomic E-state index is 10.4. The molecule has 0 aromatic heterocycles. The Morgan fingerprint density at radius 3 is 2.05 bits per heavy atom. The van der Waals surface area contributed by atoms with Crippen molar-refractivity contribution >= 4 is 5.97 Å². The van der Waals surface area contributed by atoms with Crippen LogP contribution >= 0.6 is 0 Å². The van der Waals surface area contributed by atoms with E-state index >= 15 is 0 Å². The molecule has 0 heterocycles. The number of rotatable bonds is 11. The monoisotopic (exact) mass is 278 g/mol. The van der Waals surface area contributed by atoms with E-state index in [0.29, 0.717) is 12.3 Å². The second kappa shape index (κ2) is 10.7. The fourth-order valence-corrected chi connectivity index (χ4v) is 2.84. The van der Waals surface area contributed by atoms with Crippen LogP contribution in [-0.4, -0.2) is 11.1 Å². The van der Waals surface area contributed by atoms with Crippen molar-refractivity contribution in [1.82, 2.24) is 0 Å². The molecule has 1 aliphatic carbocycles. The fraction of sp³-hybridized carbons (Fsp3) is 0.722. The summed E-state index contributed by atoms with van der Waals surface area (Å²) >= 11 is 0. The molecule has 2 heteroatoms. The van der Waals surface area contributed by atoms with Gasteiger partial charge in [0.1, 0.15) is 0 Å². The smallest absolute Gasteiger partial charge is 0.303 e. The van der Waals surface area contributed by atoms with Crippen LogP contribution in [0.5, 0.6) is 0 Å². The molecule has 2 unspecified atom stereocenters. The molecule has 0 aromatic carbocycles. The zero-order valence-electron chi connectivity index (χ0n) is 12.9. The summed E-state index contributed by atoms with van der Waals surface area (Å²) in [5, 5.41) is 8.53. The van der Waals surface area contributed by atoms with Crippen LogP contribution in [0.15, 0.2) is 24.3 Å². The number of hydrogen-bond acceptors (Lipinski definition) is 1. The molecule has 0 bridgehead atoms. The molecule has 0 fully saturated rings. The predicted molar refractivity (Wildman–Crippen MR) is 84.7 cm³/mol. The molecule has 1 aliphatic rings. The molecule has 0 saturated carbocycles. The van der Waals surface area contributed by atoms with Gasteiger partial charge in [-0.25, -0.2) is 0 Å². The van der Waals surface area contributed by atoms with Crippen molar-refractivity contribution in [3.63, 3.8) is 0 Å². The van der Waals surface area contributed by atoms with Crippen molar-refractivity contribution in [2.45, 2.75) is 71.1 Å². The third-order valence-corrected chi connectivity index (χ3v) is 4.24. The number of carboxylic acid groups (broad SMARTS) is 1. The van der Waals surface area contributed by atoms with Crippen molar-refractivity contribution < 1.29 is 9.90 Å². The first-order valence-electron chi connectivity index (χ1n) is 8.27. The van der Waals surface area contributed by atoms with Gasteiger partial charge in [0.2, 0.25) is 0 Å². The lowest BCUT2D eigenvalue weighted by molar-refractivity contribution is -0.137. The van der Waals surface area contributed by atoms with Crippen molar-refractivity contribution in [2.75, 3.05) is 0 Å². The van der Waals surface area contributed by atoms with Gasteiger partial charge in [-0.05, 0) is 24.7 Å². The molecular formula is C18H30O2. The summed E-state index contributed by atoms with van der Waals surface area (Å²) in [5.41, 5.74) is 0. The third kappa shape index (κ3) is 8.19. The van der Waals surface area contributed by atoms with E-state index < -0.39 is 5.97 Å². The molecule has 0 aliphatic heterocycles. The van der Waals surface area contributed by atoms with E-state index in [4.69, 9.17) is 5.11 Å². The van der Waals surface area contributed by atoms with E-state index in [1.807, 2.05) is 0 Å². The molecule has 0 aromatic rings. The number of carboxylic acids is 1. The van der Waals surface area contributed by atoms with Gasteiger partial charge in [0.15, 0.2) is 0 Å². The highest BCUT2D eigenvalue weighted by Crippen LogP contribution is 2.24. The molecule has 0 amide bonds. The fourth-order valence-electron chi connectivity index (χ4n) is 2.84. The maximum Gasteiger partial charge on any atom is 0.303 e. The van der Waals surface area contributed by atoms with E-state index in [1.54, 1.807) is 0 Å². The highest BCUT2D eigenvalue weighted by atomic mass is 16.4. The van der Waals surface area contributed by atoms with Crippen molar-refractivity contribution in [1.29, 1.82) is 0 Å². The Morgan fingerprint density at radius 2 is 1.45 bits per heavy atom. The van der Waals surface area contributed by atoms with Gasteiger partial charge in [-0.3, -0.25) is 4.79 Å². The van der Waals surface area contributed by atoms with Crippen molar-refractivity contribution in [3.05, 3.63) is 24.3 Å². The highest BCUT2D eigenvalue weighted by Gasteiger charge is 2.12. The minimum Gasteiger partial charge on any atom is -0.481 e. The minimum atomic E-state index is -0.661. The van der Waals surface area contributed by atoms with Gasteiger partial charge in [-0.15, -0.1) is 0 Å². The Labute approximate surface area is 124 Å². The van der Waals surface area contributed by atoms with E-state index in [2.05, 4.69) is 31.2 Å². The van der Waals surface area contributed by atoms with Gasteiger partial charge in [0.05, 0.1) is 0 Å². The summed E-state index contributed by atoms with van der Waals surface area (Å²) in [5.74, 6) is 0.788. The zero-order chi connectivity index (χ0) is 14.6. The van der Waals surface area contributed by atoms with E-state index in [1.165, 1.54) is 44.9 Å². The summed E-state index contributed by atoms with van der Waals surface area (Å²) in [6.45, 7) is 2.31. The lowest BCUT2D eigenvalue weighted by Crippen LogP contribution is -2.08. The maximum atomic E-state index is 10.4. The lowest BCUT2D eigenvalue weighted by atomic mass is 9.86. The van der Waals surface area contributed by atoms with Crippen LogP contribution in [0, 0.1) is 11.8 Å². The number of carbonyl (C=O) groups is 1. The Bertz CT molecular complexity index is 317. The normalized spacial score (nSPS) is 21.2. The van der Waals surface area contributed by atoms with Gasteiger partial charge in [0, 0.05) is 6.42 Å². The topological polar surface area (TPSA) is 37.3 Å². The summed E-state index contributed by atoms with van der Waals surface area (Å²) < 4.78 is 0. The Hall–Kier alpha value is -1.05. The molecule has 2 atom stereocenters. The van der Waals surface area contributed by atoms with Crippen molar-refractivity contribution in [3.8, 4) is 0 Å². The van der Waals surface area contributed by atoms with E-state index in [-0.39, 0.29) is 0 Å². The van der Waals surface area contributed by atoms with Crippen molar-refractivity contribution in [2.24, 2.45) is 11.8 Å². The van der Waals surface area contributed by atoms with Gasteiger partial charge in [-0.2, -0.15) is 0 Å². The highest BCUT2D eigenvalue weighted by molar-refractivity contribution is 5.66. The quantitative estimate of drug-likeness (QED) is 0.517. The molecular weight excluding hydrogens is 248 g/mol. The molecule has 2 nitrogen and oxygen atoms in total. The zero-order valence-corrected chi connectivity index (χ0v) is 12.9. The van der Waals surface area contributed by atoms with Gasteiger partial charge < -0.3 is 5.11 Å². The predicted octanol–water partition coefficient (Wildman–Crippen LogP) is 5.35. The summed E-state index contributed by atoms with van der Waals surface area (Å²) in [7, 11) is 0. The first-order chi connectivity index (χ1) is 9.70. The van der Waals surface area contributed by atoms with Crippen LogP contribution in [0.4, 0.5) is 0 Å². The summed E-state index contributed by atoms with van der Waals surface area (Å²) in [4.78, 5) is 10.4. The van der Waals surface area contributed by atoms with Gasteiger partial charge >= 0.3 is 5.97 Å². The average Bonchev–Trinajstić information content (AvgIpc) is 2.42. The van der Waals surface area contributed by atoms with Crippen LogP contribution in [0.3, 0.4) is 0 Å². The molecule has 0 spiro atoms. The summed E-state index contributed by atoms with van der Waals surface area (Å²) in [6, 6.07) is 0. The van der Waals surface area contributed by atoms with Gasteiger partial charge in [-0.1, -0.05) is 76.2 Å². The van der Waals surface area contributed by atoms with E-state index in [0.717, 1.165) is 18.8 Å². The third-order valence-electron chi connectivity index (χ3n) is 4.24. The Balaban J connectivity index is 1.84. The first kappa shape index (κ1) is 17.0. The Morgan fingerprint density at radius 1 is 0.900 bits per heavy atom. The van der Waals surface area contributed by atoms with Crippen LogP contribution < -0.4 is 0 Å². The standard InChI is InChI=1S/C18H30O2/c1-16-12-10-11-14-17(16)13-8-6-4-2-3-5-7-9-15-18(19)20/h10-12,14,16-17H,2-9,13,15H2,1H3,(H,19,20). The second-order valence-corrected chi connectivity index (χ2v) is 6.05. The van der Waals surface area contributed by atoms with Crippen LogP contribution in [0.25, 0.3) is 0 Å². The minimum absolute atomic E-state index is 0.335. The SMILES string of the molecule is CC1C=CC=CC1CCCCCCCCCCC(=O)O. The lowest BCUT2D eigenvalue weighted by Gasteiger charge is -2.20. The molecule has 20 heavy (non-hydrogen) atoms. The Kier molecular flexibility index (Phi) is 9.10. The number of unbranched alkanes of at least 4 members (excludes halogenated alkanes) is 7.